The van der Waals surface area contributed by atoms with E-state index in [4.69, 9.17) is 5.26 Å². The molecule has 1 amide bonds. The van der Waals surface area contributed by atoms with Crippen LogP contribution in [0.4, 0.5) is 4.39 Å². The molecule has 0 aliphatic rings. The van der Waals surface area contributed by atoms with Crippen molar-refractivity contribution in [1.29, 1.82) is 5.26 Å². The lowest BCUT2D eigenvalue weighted by atomic mass is 10.1. The Bertz CT molecular complexity index is 414. The normalized spacial score (nSPS) is 11.6. The lowest BCUT2D eigenvalue weighted by molar-refractivity contribution is 0.0939. The van der Waals surface area contributed by atoms with Crippen molar-refractivity contribution in [2.45, 2.75) is 25.8 Å². The number of amides is 1. The predicted octanol–water partition coefficient (Wildman–Crippen LogP) is 1.64. The zero-order chi connectivity index (χ0) is 12.0. The van der Waals surface area contributed by atoms with Crippen molar-refractivity contribution in [2.24, 2.45) is 0 Å². The number of nitrogens with one attached hydrogen (secondary N) is 1. The standard InChI is InChI=1S/C11H12FN3O/c1-2-4-8(7-13)15-11(16)9-5-3-6-14-10(9)12/h3,5-6,8H,2,4H2,1H3,(H,15,16). The van der Waals surface area contributed by atoms with Gasteiger partial charge in [-0.05, 0) is 18.6 Å². The molecule has 1 N–H and O–H groups in total. The van der Waals surface area contributed by atoms with Crippen LogP contribution in [0.25, 0.3) is 0 Å². The smallest absolute Gasteiger partial charge is 0.256 e. The SMILES string of the molecule is CCCC(C#N)NC(=O)c1cccnc1F. The maximum Gasteiger partial charge on any atom is 0.256 e. The van der Waals surface area contributed by atoms with Crippen LogP contribution in [-0.4, -0.2) is 16.9 Å². The van der Waals surface area contributed by atoms with E-state index in [9.17, 15) is 9.18 Å². The van der Waals surface area contributed by atoms with E-state index in [1.54, 1.807) is 0 Å². The number of carbonyl (C=O) groups is 1. The van der Waals surface area contributed by atoms with E-state index in [1.807, 2.05) is 13.0 Å². The Hall–Kier alpha value is -1.96. The van der Waals surface area contributed by atoms with Crippen LogP contribution in [0.2, 0.25) is 0 Å². The molecule has 1 aromatic rings. The monoisotopic (exact) mass is 221 g/mol. The van der Waals surface area contributed by atoms with Gasteiger partial charge in [-0.25, -0.2) is 4.98 Å². The fourth-order valence-electron chi connectivity index (χ4n) is 1.25. The molecule has 84 valence electrons. The van der Waals surface area contributed by atoms with E-state index in [0.29, 0.717) is 6.42 Å². The molecule has 0 saturated carbocycles. The quantitative estimate of drug-likeness (QED) is 0.786. The Morgan fingerprint density at radius 2 is 2.50 bits per heavy atom. The summed E-state index contributed by atoms with van der Waals surface area (Å²) < 4.78 is 13.1. The first-order chi connectivity index (χ1) is 7.69. The Kier molecular flexibility index (Phi) is 4.40. The zero-order valence-corrected chi connectivity index (χ0v) is 8.90. The van der Waals surface area contributed by atoms with Crippen molar-refractivity contribution < 1.29 is 9.18 Å². The van der Waals surface area contributed by atoms with Gasteiger partial charge in [-0.3, -0.25) is 4.79 Å². The first-order valence-corrected chi connectivity index (χ1v) is 5.00. The van der Waals surface area contributed by atoms with Crippen molar-refractivity contribution in [2.75, 3.05) is 0 Å². The molecule has 4 nitrogen and oxygen atoms in total. The van der Waals surface area contributed by atoms with Gasteiger partial charge in [0.1, 0.15) is 6.04 Å². The lowest BCUT2D eigenvalue weighted by Crippen LogP contribution is -2.34. The topological polar surface area (TPSA) is 65.8 Å². The van der Waals surface area contributed by atoms with E-state index in [0.717, 1.165) is 6.42 Å². The third-order valence-electron chi connectivity index (χ3n) is 2.04. The zero-order valence-electron chi connectivity index (χ0n) is 8.90. The molecule has 1 unspecified atom stereocenters. The Balaban J connectivity index is 2.73. The molecular formula is C11H12FN3O. The van der Waals surface area contributed by atoms with Crippen LogP contribution in [-0.2, 0) is 0 Å². The second-order valence-corrected chi connectivity index (χ2v) is 3.29. The summed E-state index contributed by atoms with van der Waals surface area (Å²) in [6.45, 7) is 1.90. The van der Waals surface area contributed by atoms with Crippen molar-refractivity contribution in [1.82, 2.24) is 10.3 Å². The summed E-state index contributed by atoms with van der Waals surface area (Å²) >= 11 is 0. The molecular weight excluding hydrogens is 209 g/mol. The number of carbonyl (C=O) groups excluding carboxylic acids is 1. The third kappa shape index (κ3) is 3.02. The van der Waals surface area contributed by atoms with Gasteiger partial charge >= 0.3 is 0 Å². The van der Waals surface area contributed by atoms with E-state index >= 15 is 0 Å². The number of nitrogens with zero attached hydrogens (tertiary/aromatic N) is 2. The van der Waals surface area contributed by atoms with Gasteiger partial charge in [0, 0.05) is 6.20 Å². The maximum atomic E-state index is 13.1. The van der Waals surface area contributed by atoms with Crippen LogP contribution in [0.15, 0.2) is 18.3 Å². The van der Waals surface area contributed by atoms with Gasteiger partial charge in [0.2, 0.25) is 5.95 Å². The van der Waals surface area contributed by atoms with Crippen LogP contribution in [0.5, 0.6) is 0 Å². The number of hydrogen-bond donors (Lipinski definition) is 1. The molecule has 0 aromatic carbocycles. The first kappa shape index (κ1) is 12.1. The highest BCUT2D eigenvalue weighted by atomic mass is 19.1. The maximum absolute atomic E-state index is 13.1. The van der Waals surface area contributed by atoms with Crippen molar-refractivity contribution in [3.8, 4) is 6.07 Å². The summed E-state index contributed by atoms with van der Waals surface area (Å²) in [5.74, 6) is -1.43. The van der Waals surface area contributed by atoms with Crippen molar-refractivity contribution in [3.63, 3.8) is 0 Å². The second-order valence-electron chi connectivity index (χ2n) is 3.29. The minimum atomic E-state index is -0.826. The highest BCUT2D eigenvalue weighted by molar-refractivity contribution is 5.94. The van der Waals surface area contributed by atoms with Crippen molar-refractivity contribution >= 4 is 5.91 Å². The third-order valence-corrected chi connectivity index (χ3v) is 2.04. The average molecular weight is 221 g/mol. The fraction of sp³-hybridized carbons (Fsp3) is 0.364. The van der Waals surface area contributed by atoms with Gasteiger partial charge in [0.15, 0.2) is 0 Å². The average Bonchev–Trinajstić information content (AvgIpc) is 2.28. The molecule has 0 aliphatic carbocycles. The molecule has 1 atom stereocenters. The summed E-state index contributed by atoms with van der Waals surface area (Å²) in [5.41, 5.74) is -0.140. The van der Waals surface area contributed by atoms with E-state index in [1.165, 1.54) is 18.3 Å². The van der Waals surface area contributed by atoms with Crippen LogP contribution in [0.1, 0.15) is 30.1 Å². The number of hydrogen-bond acceptors (Lipinski definition) is 3. The number of nitriles is 1. The van der Waals surface area contributed by atoms with Crippen LogP contribution in [0, 0.1) is 17.3 Å². The molecule has 5 heteroatoms. The minimum absolute atomic E-state index is 0.140. The van der Waals surface area contributed by atoms with Crippen LogP contribution >= 0.6 is 0 Å². The molecule has 16 heavy (non-hydrogen) atoms. The van der Waals surface area contributed by atoms with Crippen LogP contribution < -0.4 is 5.32 Å². The molecule has 1 aromatic heterocycles. The number of rotatable bonds is 4. The molecule has 0 aliphatic heterocycles. The largest absolute Gasteiger partial charge is 0.336 e. The Morgan fingerprint density at radius 1 is 1.75 bits per heavy atom. The molecule has 0 spiro atoms. The first-order valence-electron chi connectivity index (χ1n) is 5.00. The lowest BCUT2D eigenvalue weighted by Gasteiger charge is -2.10. The van der Waals surface area contributed by atoms with Crippen molar-refractivity contribution in [3.05, 3.63) is 29.8 Å². The Morgan fingerprint density at radius 3 is 3.06 bits per heavy atom. The van der Waals surface area contributed by atoms with Gasteiger partial charge in [-0.1, -0.05) is 13.3 Å². The highest BCUT2D eigenvalue weighted by Crippen LogP contribution is 2.04. The summed E-state index contributed by atoms with van der Waals surface area (Å²) in [4.78, 5) is 14.9. The van der Waals surface area contributed by atoms with E-state index in [-0.39, 0.29) is 5.56 Å². The summed E-state index contributed by atoms with van der Waals surface area (Å²) in [7, 11) is 0. The molecule has 0 radical (unpaired) electrons. The summed E-state index contributed by atoms with van der Waals surface area (Å²) in [6.07, 6.45) is 2.58. The molecule has 0 saturated heterocycles. The highest BCUT2D eigenvalue weighted by Gasteiger charge is 2.15. The van der Waals surface area contributed by atoms with E-state index < -0.39 is 17.9 Å². The number of pyridine rings is 1. The second kappa shape index (κ2) is 5.81. The molecule has 1 heterocycles. The number of aromatic nitrogens is 1. The minimum Gasteiger partial charge on any atom is -0.336 e. The van der Waals surface area contributed by atoms with Gasteiger partial charge in [0.25, 0.3) is 5.91 Å². The van der Waals surface area contributed by atoms with Gasteiger partial charge in [0.05, 0.1) is 11.6 Å². The Labute approximate surface area is 93.1 Å². The molecule has 0 fully saturated rings. The van der Waals surface area contributed by atoms with E-state index in [2.05, 4.69) is 10.3 Å². The van der Waals surface area contributed by atoms with Gasteiger partial charge < -0.3 is 5.32 Å². The summed E-state index contributed by atoms with van der Waals surface area (Å²) in [6, 6.07) is 4.17. The molecule has 1 rings (SSSR count). The summed E-state index contributed by atoms with van der Waals surface area (Å²) in [5, 5.41) is 11.2. The van der Waals surface area contributed by atoms with Gasteiger partial charge in [-0.15, -0.1) is 0 Å². The van der Waals surface area contributed by atoms with Gasteiger partial charge in [-0.2, -0.15) is 9.65 Å². The number of halogens is 1. The molecule has 0 bridgehead atoms. The fourth-order valence-corrected chi connectivity index (χ4v) is 1.25. The van der Waals surface area contributed by atoms with Crippen LogP contribution in [0.3, 0.4) is 0 Å². The predicted molar refractivity (Wildman–Crippen MR) is 56.0 cm³/mol.